The van der Waals surface area contributed by atoms with Crippen LogP contribution in [-0.4, -0.2) is 52.0 Å². The second-order valence-electron chi connectivity index (χ2n) is 5.09. The van der Waals surface area contributed by atoms with Gasteiger partial charge in [0.15, 0.2) is 0 Å². The van der Waals surface area contributed by atoms with Crippen LogP contribution in [0.5, 0.6) is 0 Å². The number of rotatable bonds is 8. The van der Waals surface area contributed by atoms with Gasteiger partial charge in [-0.2, -0.15) is 0 Å². The molecule has 1 rings (SSSR count). The molecule has 1 atom stereocenters. The van der Waals surface area contributed by atoms with E-state index in [2.05, 4.69) is 23.2 Å². The van der Waals surface area contributed by atoms with Gasteiger partial charge < -0.3 is 5.32 Å². The normalized spacial score (nSPS) is 13.7. The lowest BCUT2D eigenvalue weighted by Crippen LogP contribution is -2.33. The zero-order chi connectivity index (χ0) is 15.2. The summed E-state index contributed by atoms with van der Waals surface area (Å²) in [5.74, 6) is 0.181. The van der Waals surface area contributed by atoms with Crippen molar-refractivity contribution in [2.45, 2.75) is 13.0 Å². The summed E-state index contributed by atoms with van der Waals surface area (Å²) in [5.41, 5.74) is 1.18. The van der Waals surface area contributed by atoms with Crippen LogP contribution in [0.2, 0.25) is 5.02 Å². The molecule has 0 aliphatic rings. The molecule has 0 radical (unpaired) electrons. The largest absolute Gasteiger partial charge is 0.314 e. The summed E-state index contributed by atoms with van der Waals surface area (Å²) in [6, 6.07) is 8.12. The van der Waals surface area contributed by atoms with Crippen molar-refractivity contribution in [3.63, 3.8) is 0 Å². The molecule has 114 valence electrons. The minimum absolute atomic E-state index is 0.181. The Balaban J connectivity index is 2.34. The third-order valence-corrected chi connectivity index (χ3v) is 4.46. The molecule has 0 saturated heterocycles. The first-order valence-electron chi connectivity index (χ1n) is 6.64. The maximum Gasteiger partial charge on any atom is 0.148 e. The smallest absolute Gasteiger partial charge is 0.148 e. The van der Waals surface area contributed by atoms with Gasteiger partial charge in [0.2, 0.25) is 0 Å². The minimum atomic E-state index is -2.88. The average molecular weight is 319 g/mol. The highest BCUT2D eigenvalue weighted by atomic mass is 35.5. The van der Waals surface area contributed by atoms with Gasteiger partial charge in [-0.3, -0.25) is 4.90 Å². The van der Waals surface area contributed by atoms with Crippen LogP contribution in [0.4, 0.5) is 0 Å². The number of nitrogens with one attached hydrogen (secondary N) is 1. The van der Waals surface area contributed by atoms with Crippen LogP contribution >= 0.6 is 11.6 Å². The number of nitrogens with zero attached hydrogens (tertiary/aromatic N) is 1. The Bertz CT molecular complexity index is 520. The predicted octanol–water partition coefficient (Wildman–Crippen LogP) is 1.97. The van der Waals surface area contributed by atoms with Crippen LogP contribution < -0.4 is 5.32 Å². The van der Waals surface area contributed by atoms with Crippen molar-refractivity contribution >= 4 is 21.4 Å². The molecule has 0 aromatic heterocycles. The number of likely N-dealkylation sites (N-methyl/N-ethyl adjacent to an activating group) is 1. The third-order valence-electron chi connectivity index (χ3n) is 3.28. The highest BCUT2D eigenvalue weighted by Crippen LogP contribution is 2.21. The molecule has 0 fully saturated rings. The van der Waals surface area contributed by atoms with Crippen LogP contribution in [0.1, 0.15) is 18.5 Å². The fourth-order valence-corrected chi connectivity index (χ4v) is 2.57. The van der Waals surface area contributed by atoms with Crippen LogP contribution in [-0.2, 0) is 9.84 Å². The molecule has 0 aliphatic carbocycles. The van der Waals surface area contributed by atoms with Gasteiger partial charge in [0.05, 0.1) is 5.75 Å². The van der Waals surface area contributed by atoms with Crippen LogP contribution in [0.25, 0.3) is 0 Å². The fraction of sp³-hybridized carbons (Fsp3) is 0.571. The Morgan fingerprint density at radius 3 is 2.65 bits per heavy atom. The second-order valence-corrected chi connectivity index (χ2v) is 7.79. The van der Waals surface area contributed by atoms with Gasteiger partial charge >= 0.3 is 0 Å². The lowest BCUT2D eigenvalue weighted by molar-refractivity contribution is 0.262. The van der Waals surface area contributed by atoms with E-state index in [1.807, 2.05) is 25.2 Å². The number of hydrogen-bond acceptors (Lipinski definition) is 4. The van der Waals surface area contributed by atoms with E-state index < -0.39 is 9.84 Å². The zero-order valence-corrected chi connectivity index (χ0v) is 13.8. The van der Waals surface area contributed by atoms with Crippen molar-refractivity contribution in [1.29, 1.82) is 0 Å². The van der Waals surface area contributed by atoms with Gasteiger partial charge in [-0.1, -0.05) is 23.7 Å². The topological polar surface area (TPSA) is 49.4 Å². The van der Waals surface area contributed by atoms with Gasteiger partial charge in [-0.05, 0) is 31.7 Å². The molecule has 1 N–H and O–H groups in total. The highest BCUT2D eigenvalue weighted by molar-refractivity contribution is 7.90. The summed E-state index contributed by atoms with van der Waals surface area (Å²) in [7, 11) is -0.834. The molecule has 0 amide bonds. The van der Waals surface area contributed by atoms with Crippen molar-refractivity contribution in [3.8, 4) is 0 Å². The summed E-state index contributed by atoms with van der Waals surface area (Å²) in [5, 5.41) is 3.89. The van der Waals surface area contributed by atoms with Crippen molar-refractivity contribution in [2.75, 3.05) is 38.7 Å². The first-order valence-corrected chi connectivity index (χ1v) is 9.07. The first-order chi connectivity index (χ1) is 9.29. The van der Waals surface area contributed by atoms with E-state index in [4.69, 9.17) is 11.6 Å². The summed E-state index contributed by atoms with van der Waals surface area (Å²) >= 11 is 5.99. The lowest BCUT2D eigenvalue weighted by atomic mass is 10.1. The Morgan fingerprint density at radius 2 is 2.05 bits per heavy atom. The van der Waals surface area contributed by atoms with E-state index in [9.17, 15) is 8.42 Å². The van der Waals surface area contributed by atoms with Gasteiger partial charge in [-0.15, -0.1) is 0 Å². The Hall–Kier alpha value is -0.620. The summed E-state index contributed by atoms with van der Waals surface area (Å²) in [6.07, 6.45) is 1.25. The molecule has 4 nitrogen and oxygen atoms in total. The number of benzene rings is 1. The van der Waals surface area contributed by atoms with Crippen LogP contribution in [0, 0.1) is 0 Å². The highest BCUT2D eigenvalue weighted by Gasteiger charge is 2.11. The molecular formula is C14H23ClN2O2S. The Labute approximate surface area is 127 Å². The molecule has 0 heterocycles. The van der Waals surface area contributed by atoms with Gasteiger partial charge in [-0.25, -0.2) is 8.42 Å². The molecule has 1 aromatic rings. The molecule has 0 saturated carbocycles. The van der Waals surface area contributed by atoms with E-state index in [1.165, 1.54) is 11.8 Å². The molecule has 0 bridgehead atoms. The van der Waals surface area contributed by atoms with Gasteiger partial charge in [0.1, 0.15) is 9.84 Å². The molecule has 0 aliphatic heterocycles. The van der Waals surface area contributed by atoms with Crippen molar-refractivity contribution in [1.82, 2.24) is 10.2 Å². The lowest BCUT2D eigenvalue weighted by Gasteiger charge is -2.25. The maximum absolute atomic E-state index is 11.0. The Kier molecular flexibility index (Phi) is 6.95. The van der Waals surface area contributed by atoms with Crippen LogP contribution in [0.3, 0.4) is 0 Å². The Morgan fingerprint density at radius 1 is 1.35 bits per heavy atom. The number of halogens is 1. The SMILES string of the molecule is CC(c1cccc(Cl)c1)N(C)CCNCCS(C)(=O)=O. The maximum atomic E-state index is 11.0. The quantitative estimate of drug-likeness (QED) is 0.745. The number of hydrogen-bond donors (Lipinski definition) is 1. The zero-order valence-electron chi connectivity index (χ0n) is 12.3. The third kappa shape index (κ3) is 6.70. The summed E-state index contributed by atoms with van der Waals surface area (Å²) < 4.78 is 22.0. The second kappa shape index (κ2) is 7.98. The molecule has 0 spiro atoms. The van der Waals surface area contributed by atoms with E-state index >= 15 is 0 Å². The van der Waals surface area contributed by atoms with E-state index in [1.54, 1.807) is 0 Å². The summed E-state index contributed by atoms with van der Waals surface area (Å²) in [4.78, 5) is 2.21. The molecule has 20 heavy (non-hydrogen) atoms. The van der Waals surface area contributed by atoms with Crippen molar-refractivity contribution < 1.29 is 8.42 Å². The number of sulfone groups is 1. The molecule has 1 unspecified atom stereocenters. The first kappa shape index (κ1) is 17.4. The van der Waals surface area contributed by atoms with E-state index in [-0.39, 0.29) is 11.8 Å². The fourth-order valence-electron chi connectivity index (χ4n) is 1.85. The van der Waals surface area contributed by atoms with Gasteiger partial charge in [0.25, 0.3) is 0 Å². The molecule has 1 aromatic carbocycles. The average Bonchev–Trinajstić information content (AvgIpc) is 2.36. The predicted molar refractivity (Wildman–Crippen MR) is 85.1 cm³/mol. The molecular weight excluding hydrogens is 296 g/mol. The van der Waals surface area contributed by atoms with Gasteiger partial charge in [0, 0.05) is 37.0 Å². The van der Waals surface area contributed by atoms with Crippen LogP contribution in [0.15, 0.2) is 24.3 Å². The minimum Gasteiger partial charge on any atom is -0.314 e. The van der Waals surface area contributed by atoms with Crippen molar-refractivity contribution in [3.05, 3.63) is 34.9 Å². The monoisotopic (exact) mass is 318 g/mol. The standard InChI is InChI=1S/C14H23ClN2O2S/c1-12(13-5-4-6-14(15)11-13)17(2)9-7-16-8-10-20(3,18)19/h4-6,11-12,16H,7-10H2,1-3H3. The van der Waals surface area contributed by atoms with E-state index in [0.717, 1.165) is 18.1 Å². The molecule has 6 heteroatoms. The van der Waals surface area contributed by atoms with E-state index in [0.29, 0.717) is 6.54 Å². The summed E-state index contributed by atoms with van der Waals surface area (Å²) in [6.45, 7) is 4.23. The van der Waals surface area contributed by atoms with Crippen molar-refractivity contribution in [2.24, 2.45) is 0 Å².